The number of hydrogen-bond acceptors (Lipinski definition) is 4. The van der Waals surface area contributed by atoms with Crippen LogP contribution in [-0.2, 0) is 4.79 Å². The van der Waals surface area contributed by atoms with Crippen LogP contribution < -0.4 is 16.4 Å². The van der Waals surface area contributed by atoms with Crippen LogP contribution in [0.1, 0.15) is 45.4 Å². The lowest BCUT2D eigenvalue weighted by molar-refractivity contribution is -0.123. The molecule has 154 valence electrons. The third-order valence-corrected chi connectivity index (χ3v) is 5.25. The van der Waals surface area contributed by atoms with E-state index in [4.69, 9.17) is 5.73 Å². The molecule has 1 heterocycles. The van der Waals surface area contributed by atoms with Crippen molar-refractivity contribution in [2.75, 3.05) is 51.3 Å². The van der Waals surface area contributed by atoms with Gasteiger partial charge in [0.1, 0.15) is 0 Å². The molecule has 8 heteroatoms. The highest BCUT2D eigenvalue weighted by Crippen LogP contribution is 2.16. The Labute approximate surface area is 180 Å². The third kappa shape index (κ3) is 12.2. The van der Waals surface area contributed by atoms with Gasteiger partial charge in [0, 0.05) is 25.6 Å². The van der Waals surface area contributed by atoms with Crippen molar-refractivity contribution < 1.29 is 4.79 Å². The van der Waals surface area contributed by atoms with Crippen molar-refractivity contribution in [1.29, 1.82) is 0 Å². The number of piperidine rings is 1. The van der Waals surface area contributed by atoms with Gasteiger partial charge in [-0.3, -0.25) is 9.79 Å². The minimum Gasteiger partial charge on any atom is -0.369 e. The Bertz CT molecular complexity index is 390. The second-order valence-electron chi connectivity index (χ2n) is 6.61. The standard InChI is InChI=1S/C18H37N5OS.HI/c1-3-20-18(22-11-5-7-15-25-2)21-10-4-6-12-23-13-8-16(9-14-23)17(19)24;/h16H,3-15H2,1-2H3,(H2,19,24)(H2,20,21,22);1H. The Morgan fingerprint density at radius 1 is 1.19 bits per heavy atom. The molecule has 0 aliphatic carbocycles. The number of primary amides is 1. The second kappa shape index (κ2) is 16.9. The Balaban J connectivity index is 0.00000625. The highest BCUT2D eigenvalue weighted by molar-refractivity contribution is 14.0. The molecular weight excluding hydrogens is 461 g/mol. The number of carbonyl (C=O) groups is 1. The van der Waals surface area contributed by atoms with Gasteiger partial charge in [0.05, 0.1) is 0 Å². The van der Waals surface area contributed by atoms with Gasteiger partial charge in [-0.2, -0.15) is 11.8 Å². The zero-order valence-electron chi connectivity index (χ0n) is 16.5. The maximum absolute atomic E-state index is 11.2. The average Bonchev–Trinajstić information content (AvgIpc) is 2.61. The number of guanidine groups is 1. The number of hydrogen-bond donors (Lipinski definition) is 3. The van der Waals surface area contributed by atoms with Crippen LogP contribution in [0.2, 0.25) is 0 Å². The highest BCUT2D eigenvalue weighted by Gasteiger charge is 2.22. The number of nitrogens with two attached hydrogens (primary N) is 1. The molecule has 1 aliphatic rings. The number of thioether (sulfide) groups is 1. The summed E-state index contributed by atoms with van der Waals surface area (Å²) in [6.07, 6.45) is 8.67. The lowest BCUT2D eigenvalue weighted by Gasteiger charge is -2.30. The lowest BCUT2D eigenvalue weighted by Crippen LogP contribution is -2.39. The summed E-state index contributed by atoms with van der Waals surface area (Å²) in [5.74, 6) is 2.12. The van der Waals surface area contributed by atoms with Crippen LogP contribution in [0.4, 0.5) is 0 Å². The SMILES string of the molecule is CCNC(=NCCCCN1CCC(C(N)=O)CC1)NCCCCSC.I. The van der Waals surface area contributed by atoms with E-state index in [2.05, 4.69) is 33.7 Å². The van der Waals surface area contributed by atoms with E-state index < -0.39 is 0 Å². The van der Waals surface area contributed by atoms with E-state index in [1.54, 1.807) is 0 Å². The summed E-state index contributed by atoms with van der Waals surface area (Å²) in [4.78, 5) is 18.3. The first kappa shape index (κ1) is 25.8. The van der Waals surface area contributed by atoms with Gasteiger partial charge in [0.15, 0.2) is 5.96 Å². The molecule has 0 spiro atoms. The summed E-state index contributed by atoms with van der Waals surface area (Å²) in [5, 5.41) is 6.72. The van der Waals surface area contributed by atoms with Gasteiger partial charge in [-0.25, -0.2) is 0 Å². The number of halogens is 1. The number of carbonyl (C=O) groups excluding carboxylic acids is 1. The van der Waals surface area contributed by atoms with E-state index in [9.17, 15) is 4.79 Å². The van der Waals surface area contributed by atoms with Crippen LogP contribution in [0, 0.1) is 5.92 Å². The fourth-order valence-electron chi connectivity index (χ4n) is 3.00. The quantitative estimate of drug-likeness (QED) is 0.166. The summed E-state index contributed by atoms with van der Waals surface area (Å²) in [5.41, 5.74) is 5.38. The van der Waals surface area contributed by atoms with Gasteiger partial charge in [0.2, 0.25) is 5.91 Å². The van der Waals surface area contributed by atoms with Crippen LogP contribution in [0.15, 0.2) is 4.99 Å². The molecule has 0 aromatic carbocycles. The van der Waals surface area contributed by atoms with Crippen LogP contribution in [-0.4, -0.2) is 68.0 Å². The average molecular weight is 500 g/mol. The molecule has 1 amide bonds. The molecule has 6 nitrogen and oxygen atoms in total. The molecule has 1 rings (SSSR count). The van der Waals surface area contributed by atoms with Crippen molar-refractivity contribution in [2.24, 2.45) is 16.6 Å². The molecule has 1 saturated heterocycles. The van der Waals surface area contributed by atoms with Crippen LogP contribution >= 0.6 is 35.7 Å². The third-order valence-electron chi connectivity index (χ3n) is 4.55. The summed E-state index contributed by atoms with van der Waals surface area (Å²) in [7, 11) is 0. The van der Waals surface area contributed by atoms with Crippen molar-refractivity contribution in [3.63, 3.8) is 0 Å². The molecule has 0 aromatic rings. The first-order chi connectivity index (χ1) is 12.2. The van der Waals surface area contributed by atoms with E-state index in [-0.39, 0.29) is 35.8 Å². The predicted molar refractivity (Wildman–Crippen MR) is 125 cm³/mol. The fraction of sp³-hybridized carbons (Fsp3) is 0.889. The van der Waals surface area contributed by atoms with Gasteiger partial charge in [-0.05, 0) is 77.1 Å². The molecular formula is C18H38IN5OS. The molecule has 1 aliphatic heterocycles. The maximum atomic E-state index is 11.2. The van der Waals surface area contributed by atoms with Gasteiger partial charge in [-0.1, -0.05) is 0 Å². The van der Waals surface area contributed by atoms with Crippen LogP contribution in [0.5, 0.6) is 0 Å². The van der Waals surface area contributed by atoms with E-state index in [1.807, 2.05) is 11.8 Å². The number of unbranched alkanes of at least 4 members (excludes halogenated alkanes) is 2. The summed E-state index contributed by atoms with van der Waals surface area (Å²) >= 11 is 1.90. The van der Waals surface area contributed by atoms with Crippen molar-refractivity contribution in [3.8, 4) is 0 Å². The smallest absolute Gasteiger partial charge is 0.220 e. The number of rotatable bonds is 12. The number of nitrogens with zero attached hydrogens (tertiary/aromatic N) is 2. The lowest BCUT2D eigenvalue weighted by atomic mass is 9.96. The minimum atomic E-state index is -0.133. The van der Waals surface area contributed by atoms with E-state index in [1.165, 1.54) is 18.6 Å². The van der Waals surface area contributed by atoms with E-state index in [0.717, 1.165) is 70.9 Å². The number of likely N-dealkylation sites (tertiary alicyclic amines) is 1. The summed E-state index contributed by atoms with van der Waals surface area (Å²) < 4.78 is 0. The largest absolute Gasteiger partial charge is 0.369 e. The molecule has 4 N–H and O–H groups in total. The Morgan fingerprint density at radius 2 is 1.92 bits per heavy atom. The van der Waals surface area contributed by atoms with E-state index in [0.29, 0.717) is 0 Å². The Morgan fingerprint density at radius 3 is 2.54 bits per heavy atom. The van der Waals surface area contributed by atoms with Crippen LogP contribution in [0.3, 0.4) is 0 Å². The molecule has 0 radical (unpaired) electrons. The summed E-state index contributed by atoms with van der Waals surface area (Å²) in [6, 6.07) is 0. The van der Waals surface area contributed by atoms with Crippen LogP contribution in [0.25, 0.3) is 0 Å². The summed E-state index contributed by atoms with van der Waals surface area (Å²) in [6.45, 7) is 7.93. The van der Waals surface area contributed by atoms with E-state index >= 15 is 0 Å². The Kier molecular flexibility index (Phi) is 16.8. The fourth-order valence-corrected chi connectivity index (χ4v) is 3.49. The van der Waals surface area contributed by atoms with Crippen molar-refractivity contribution in [1.82, 2.24) is 15.5 Å². The maximum Gasteiger partial charge on any atom is 0.220 e. The molecule has 0 bridgehead atoms. The van der Waals surface area contributed by atoms with Gasteiger partial charge in [0.25, 0.3) is 0 Å². The Hall–Kier alpha value is -0.220. The number of amides is 1. The zero-order valence-corrected chi connectivity index (χ0v) is 19.6. The molecule has 26 heavy (non-hydrogen) atoms. The number of nitrogens with one attached hydrogen (secondary N) is 2. The highest BCUT2D eigenvalue weighted by atomic mass is 127. The van der Waals surface area contributed by atoms with Crippen molar-refractivity contribution >= 4 is 47.6 Å². The van der Waals surface area contributed by atoms with Gasteiger partial charge < -0.3 is 21.3 Å². The molecule has 0 atom stereocenters. The van der Waals surface area contributed by atoms with Gasteiger partial charge in [-0.15, -0.1) is 24.0 Å². The second-order valence-corrected chi connectivity index (χ2v) is 7.60. The topological polar surface area (TPSA) is 82.8 Å². The van der Waals surface area contributed by atoms with Crippen molar-refractivity contribution in [3.05, 3.63) is 0 Å². The zero-order chi connectivity index (χ0) is 18.3. The molecule has 0 unspecified atom stereocenters. The molecule has 1 fully saturated rings. The monoisotopic (exact) mass is 499 g/mol. The van der Waals surface area contributed by atoms with Gasteiger partial charge >= 0.3 is 0 Å². The van der Waals surface area contributed by atoms with Crippen molar-refractivity contribution in [2.45, 2.75) is 45.4 Å². The first-order valence-corrected chi connectivity index (χ1v) is 11.1. The minimum absolute atomic E-state index is 0. The normalized spacial score (nSPS) is 16.2. The molecule has 0 saturated carbocycles. The first-order valence-electron chi connectivity index (χ1n) is 9.70. The number of aliphatic imine (C=N–C) groups is 1. The molecule has 0 aromatic heterocycles. The predicted octanol–water partition coefficient (Wildman–Crippen LogP) is 2.28.